The van der Waals surface area contributed by atoms with Gasteiger partial charge in [-0.25, -0.2) is 4.98 Å². The van der Waals surface area contributed by atoms with E-state index in [9.17, 15) is 9.59 Å². The van der Waals surface area contributed by atoms with Gasteiger partial charge in [0.25, 0.3) is 5.91 Å². The molecule has 152 valence electrons. The molecule has 0 spiro atoms. The fourth-order valence-electron chi connectivity index (χ4n) is 4.12. The Morgan fingerprint density at radius 3 is 2.52 bits per heavy atom. The molecule has 0 saturated carbocycles. The first-order valence-electron chi connectivity index (χ1n) is 10.5. The third-order valence-corrected chi connectivity index (χ3v) is 5.88. The number of carbonyl (C=O) groups is 2. The number of carbonyl (C=O) groups excluding carboxylic acids is 2. The molecule has 2 saturated heterocycles. The zero-order valence-corrected chi connectivity index (χ0v) is 16.7. The lowest BCUT2D eigenvalue weighted by molar-refractivity contribution is -0.128. The second kappa shape index (κ2) is 9.07. The van der Waals surface area contributed by atoms with Crippen molar-refractivity contribution in [2.24, 2.45) is 5.92 Å². The van der Waals surface area contributed by atoms with E-state index in [-0.39, 0.29) is 11.8 Å². The number of amides is 2. The molecule has 0 aliphatic carbocycles. The third-order valence-electron chi connectivity index (χ3n) is 5.88. The van der Waals surface area contributed by atoms with Crippen molar-refractivity contribution < 1.29 is 9.59 Å². The maximum Gasteiger partial charge on any atom is 0.255 e. The zero-order chi connectivity index (χ0) is 20.1. The minimum absolute atomic E-state index is 0.0443. The summed E-state index contributed by atoms with van der Waals surface area (Å²) in [4.78, 5) is 32.9. The summed E-state index contributed by atoms with van der Waals surface area (Å²) in [6.07, 6.45) is 5.25. The lowest BCUT2D eigenvalue weighted by Gasteiger charge is -2.34. The molecule has 3 heterocycles. The summed E-state index contributed by atoms with van der Waals surface area (Å²) < 4.78 is 0. The molecule has 1 aromatic carbocycles. The van der Waals surface area contributed by atoms with Gasteiger partial charge in [-0.1, -0.05) is 30.3 Å². The van der Waals surface area contributed by atoms with Crippen LogP contribution < -0.4 is 5.32 Å². The molecule has 2 aliphatic rings. The summed E-state index contributed by atoms with van der Waals surface area (Å²) >= 11 is 0. The van der Waals surface area contributed by atoms with Gasteiger partial charge in [-0.2, -0.15) is 0 Å². The summed E-state index contributed by atoms with van der Waals surface area (Å²) in [5.41, 5.74) is 1.82. The molecule has 2 aliphatic heterocycles. The third kappa shape index (κ3) is 4.94. The molecule has 6 nitrogen and oxygen atoms in total. The maximum atomic E-state index is 12.8. The second-order valence-electron chi connectivity index (χ2n) is 7.95. The van der Waals surface area contributed by atoms with Gasteiger partial charge >= 0.3 is 0 Å². The molecule has 2 fully saturated rings. The van der Waals surface area contributed by atoms with Gasteiger partial charge in [-0.05, 0) is 42.9 Å². The molecule has 1 N–H and O–H groups in total. The zero-order valence-electron chi connectivity index (χ0n) is 16.7. The fraction of sp³-hybridized carbons (Fsp3) is 0.435. The molecule has 0 unspecified atom stereocenters. The lowest BCUT2D eigenvalue weighted by Crippen LogP contribution is -2.41. The average Bonchev–Trinajstić information content (AvgIpc) is 3.18. The van der Waals surface area contributed by atoms with Crippen molar-refractivity contribution in [1.82, 2.24) is 14.8 Å². The van der Waals surface area contributed by atoms with Gasteiger partial charge in [0.15, 0.2) is 0 Å². The molecule has 2 amide bonds. The highest BCUT2D eigenvalue weighted by Crippen LogP contribution is 2.22. The van der Waals surface area contributed by atoms with Crippen LogP contribution in [0.15, 0.2) is 48.7 Å². The number of rotatable bonds is 6. The smallest absolute Gasteiger partial charge is 0.255 e. The predicted molar refractivity (Wildman–Crippen MR) is 112 cm³/mol. The Bertz CT molecular complexity index is 830. The Kier molecular flexibility index (Phi) is 6.08. The monoisotopic (exact) mass is 392 g/mol. The average molecular weight is 393 g/mol. The van der Waals surface area contributed by atoms with Crippen LogP contribution >= 0.6 is 0 Å². The van der Waals surface area contributed by atoms with E-state index < -0.39 is 0 Å². The van der Waals surface area contributed by atoms with E-state index in [0.717, 1.165) is 51.3 Å². The van der Waals surface area contributed by atoms with Crippen LogP contribution in [0.2, 0.25) is 0 Å². The van der Waals surface area contributed by atoms with Crippen molar-refractivity contribution in [2.45, 2.75) is 32.2 Å². The number of hydrogen-bond acceptors (Lipinski definition) is 4. The molecular weight excluding hydrogens is 364 g/mol. The van der Waals surface area contributed by atoms with Crippen molar-refractivity contribution in [3.63, 3.8) is 0 Å². The molecule has 0 radical (unpaired) electrons. The normalized spacial score (nSPS) is 17.6. The van der Waals surface area contributed by atoms with Crippen LogP contribution in [0.25, 0.3) is 0 Å². The van der Waals surface area contributed by atoms with Gasteiger partial charge in [0.05, 0.1) is 5.56 Å². The maximum absolute atomic E-state index is 12.8. The summed E-state index contributed by atoms with van der Waals surface area (Å²) in [7, 11) is 0. The Morgan fingerprint density at radius 1 is 1.07 bits per heavy atom. The van der Waals surface area contributed by atoms with Gasteiger partial charge in [0.1, 0.15) is 5.82 Å². The Hall–Kier alpha value is -2.89. The molecule has 6 heteroatoms. The quantitative estimate of drug-likeness (QED) is 0.820. The van der Waals surface area contributed by atoms with Crippen LogP contribution in [0.3, 0.4) is 0 Å². The molecule has 2 aromatic rings. The van der Waals surface area contributed by atoms with E-state index in [4.69, 9.17) is 0 Å². The van der Waals surface area contributed by atoms with Gasteiger partial charge in [0.2, 0.25) is 5.91 Å². The van der Waals surface area contributed by atoms with Gasteiger partial charge in [-0.15, -0.1) is 0 Å². The molecular formula is C23H28N4O2. The van der Waals surface area contributed by atoms with E-state index in [1.165, 1.54) is 5.56 Å². The summed E-state index contributed by atoms with van der Waals surface area (Å²) in [5, 5.41) is 3.28. The van der Waals surface area contributed by atoms with Crippen LogP contribution in [-0.4, -0.2) is 52.8 Å². The lowest BCUT2D eigenvalue weighted by atomic mass is 9.96. The van der Waals surface area contributed by atoms with Gasteiger partial charge in [-0.3, -0.25) is 9.59 Å². The first-order chi connectivity index (χ1) is 14.2. The van der Waals surface area contributed by atoms with E-state index >= 15 is 0 Å². The number of nitrogens with one attached hydrogen (secondary N) is 1. The molecule has 4 rings (SSSR count). The minimum atomic E-state index is 0.0443. The van der Waals surface area contributed by atoms with Crippen LogP contribution in [0.5, 0.6) is 0 Å². The van der Waals surface area contributed by atoms with E-state index in [2.05, 4.69) is 22.4 Å². The highest BCUT2D eigenvalue weighted by Gasteiger charge is 2.28. The highest BCUT2D eigenvalue weighted by atomic mass is 16.2. The van der Waals surface area contributed by atoms with Crippen molar-refractivity contribution >= 4 is 17.6 Å². The second-order valence-corrected chi connectivity index (χ2v) is 7.95. The fourth-order valence-corrected chi connectivity index (χ4v) is 4.12. The standard InChI is InChI=1S/C23H28N4O2/c28-22-7-4-12-27(22)17-19-10-13-26(14-11-19)23(29)20-8-9-21(25-16-20)24-15-18-5-2-1-3-6-18/h1-3,5-6,8-9,16,19H,4,7,10-15,17H2,(H,24,25). The highest BCUT2D eigenvalue weighted by molar-refractivity contribution is 5.94. The Balaban J connectivity index is 1.26. The van der Waals surface area contributed by atoms with Crippen LogP contribution in [0.4, 0.5) is 5.82 Å². The number of piperidine rings is 1. The van der Waals surface area contributed by atoms with Gasteiger partial charge in [0, 0.05) is 45.3 Å². The van der Waals surface area contributed by atoms with Crippen LogP contribution in [0.1, 0.15) is 41.6 Å². The summed E-state index contributed by atoms with van der Waals surface area (Å²) in [6.45, 7) is 3.95. The van der Waals surface area contributed by atoms with Crippen LogP contribution in [0, 0.1) is 5.92 Å². The van der Waals surface area contributed by atoms with Crippen molar-refractivity contribution in [2.75, 3.05) is 31.5 Å². The minimum Gasteiger partial charge on any atom is -0.366 e. The molecule has 0 bridgehead atoms. The van der Waals surface area contributed by atoms with Gasteiger partial charge < -0.3 is 15.1 Å². The number of benzene rings is 1. The first-order valence-corrected chi connectivity index (χ1v) is 10.5. The van der Waals surface area contributed by atoms with E-state index in [1.54, 1.807) is 6.20 Å². The van der Waals surface area contributed by atoms with Crippen molar-refractivity contribution in [3.05, 3.63) is 59.8 Å². The SMILES string of the molecule is O=C1CCCN1CC1CCN(C(=O)c2ccc(NCc3ccccc3)nc2)CC1. The first kappa shape index (κ1) is 19.4. The Morgan fingerprint density at radius 2 is 1.86 bits per heavy atom. The summed E-state index contributed by atoms with van der Waals surface area (Å²) in [5.74, 6) is 1.60. The predicted octanol–water partition coefficient (Wildman–Crippen LogP) is 3.17. The van der Waals surface area contributed by atoms with Crippen molar-refractivity contribution in [1.29, 1.82) is 0 Å². The van der Waals surface area contributed by atoms with E-state index in [0.29, 0.717) is 24.4 Å². The largest absolute Gasteiger partial charge is 0.366 e. The molecule has 1 aromatic heterocycles. The number of aromatic nitrogens is 1. The number of nitrogens with zero attached hydrogens (tertiary/aromatic N) is 3. The molecule has 0 atom stereocenters. The number of pyridine rings is 1. The topological polar surface area (TPSA) is 65.5 Å². The van der Waals surface area contributed by atoms with Crippen molar-refractivity contribution in [3.8, 4) is 0 Å². The number of likely N-dealkylation sites (tertiary alicyclic amines) is 2. The van der Waals surface area contributed by atoms with Crippen LogP contribution in [-0.2, 0) is 11.3 Å². The Labute approximate surface area is 171 Å². The number of hydrogen-bond donors (Lipinski definition) is 1. The summed E-state index contributed by atoms with van der Waals surface area (Å²) in [6, 6.07) is 13.9. The molecule has 29 heavy (non-hydrogen) atoms. The number of anilines is 1. The van der Waals surface area contributed by atoms with E-state index in [1.807, 2.05) is 40.1 Å².